The number of aromatic nitrogens is 4. The molecule has 0 unspecified atom stereocenters. The summed E-state index contributed by atoms with van der Waals surface area (Å²) in [5.74, 6) is 0.539. The Hall–Kier alpha value is -3.01. The first-order valence-electron chi connectivity index (χ1n) is 8.75. The second kappa shape index (κ2) is 6.95. The van der Waals surface area contributed by atoms with Crippen LogP contribution >= 0.6 is 0 Å². The van der Waals surface area contributed by atoms with Crippen LogP contribution < -0.4 is 5.32 Å². The first kappa shape index (κ1) is 17.4. The van der Waals surface area contributed by atoms with Gasteiger partial charge in [-0.25, -0.2) is 9.18 Å². The molecule has 9 nitrogen and oxygen atoms in total. The minimum atomic E-state index is -1.03. The highest BCUT2D eigenvalue weighted by atomic mass is 19.1. The highest BCUT2D eigenvalue weighted by molar-refractivity contribution is 5.83. The van der Waals surface area contributed by atoms with Crippen LogP contribution in [0.15, 0.2) is 22.7 Å². The van der Waals surface area contributed by atoms with Crippen LogP contribution in [0.4, 0.5) is 9.18 Å². The summed E-state index contributed by atoms with van der Waals surface area (Å²) in [5.41, 5.74) is 1.45. The van der Waals surface area contributed by atoms with Gasteiger partial charge in [0.2, 0.25) is 5.89 Å². The van der Waals surface area contributed by atoms with Crippen LogP contribution in [0, 0.1) is 5.82 Å². The number of amides is 1. The molecule has 27 heavy (non-hydrogen) atoms. The Labute approximate surface area is 153 Å². The van der Waals surface area contributed by atoms with Crippen LogP contribution in [0.2, 0.25) is 0 Å². The molecule has 0 saturated carbocycles. The number of benzene rings is 1. The van der Waals surface area contributed by atoms with E-state index in [2.05, 4.69) is 25.5 Å². The van der Waals surface area contributed by atoms with Gasteiger partial charge in [0.05, 0.1) is 17.1 Å². The zero-order valence-corrected chi connectivity index (χ0v) is 14.7. The summed E-state index contributed by atoms with van der Waals surface area (Å²) in [4.78, 5) is 17.0. The molecule has 1 fully saturated rings. The van der Waals surface area contributed by atoms with Crippen molar-refractivity contribution in [3.63, 3.8) is 0 Å². The molecule has 3 heterocycles. The van der Waals surface area contributed by atoms with Gasteiger partial charge < -0.3 is 14.9 Å². The van der Waals surface area contributed by atoms with Gasteiger partial charge in [-0.05, 0) is 23.7 Å². The number of halogens is 1. The lowest BCUT2D eigenvalue weighted by atomic mass is 10.0. The van der Waals surface area contributed by atoms with Crippen molar-refractivity contribution in [1.29, 1.82) is 0 Å². The van der Waals surface area contributed by atoms with Gasteiger partial charge in [0.15, 0.2) is 0 Å². The quantitative estimate of drug-likeness (QED) is 0.677. The molecule has 1 amide bonds. The number of aryl methyl sites for hydroxylation is 1. The molecule has 3 aromatic rings. The Bertz CT molecular complexity index is 978. The molecule has 1 saturated heterocycles. The van der Waals surface area contributed by atoms with E-state index < -0.39 is 6.09 Å². The first-order valence-corrected chi connectivity index (χ1v) is 8.75. The minimum Gasteiger partial charge on any atom is -0.465 e. The largest absolute Gasteiger partial charge is 0.465 e. The smallest absolute Gasteiger partial charge is 0.404 e. The summed E-state index contributed by atoms with van der Waals surface area (Å²) in [7, 11) is 0. The number of likely N-dealkylation sites (tertiary alicyclic amines) is 1. The lowest BCUT2D eigenvalue weighted by Gasteiger charge is -2.36. The summed E-state index contributed by atoms with van der Waals surface area (Å²) in [6, 6.07) is 4.54. The van der Waals surface area contributed by atoms with Gasteiger partial charge in [-0.3, -0.25) is 4.90 Å². The van der Waals surface area contributed by atoms with E-state index in [1.165, 1.54) is 16.8 Å². The van der Waals surface area contributed by atoms with E-state index in [-0.39, 0.29) is 17.7 Å². The van der Waals surface area contributed by atoms with Gasteiger partial charge in [0.25, 0.3) is 5.95 Å². The van der Waals surface area contributed by atoms with Crippen LogP contribution in [0.5, 0.6) is 0 Å². The fourth-order valence-corrected chi connectivity index (χ4v) is 3.27. The molecule has 2 N–H and O–H groups in total. The second-order valence-corrected chi connectivity index (χ2v) is 6.49. The zero-order chi connectivity index (χ0) is 19.0. The number of carboxylic acid groups (broad SMARTS) is 1. The van der Waals surface area contributed by atoms with E-state index in [4.69, 9.17) is 9.63 Å². The molecule has 0 atom stereocenters. The van der Waals surface area contributed by atoms with Gasteiger partial charge in [-0.15, -0.1) is 0 Å². The number of nitrogens with zero attached hydrogens (tertiary/aromatic N) is 5. The average Bonchev–Trinajstić information content (AvgIpc) is 3.20. The Morgan fingerprint density at radius 2 is 2.26 bits per heavy atom. The fourth-order valence-electron chi connectivity index (χ4n) is 3.27. The predicted octanol–water partition coefficient (Wildman–Crippen LogP) is 1.78. The minimum absolute atomic E-state index is 0.0975. The maximum absolute atomic E-state index is 13.7. The molecular formula is C17H19FN6O3. The lowest BCUT2D eigenvalue weighted by molar-refractivity contribution is 0.124. The van der Waals surface area contributed by atoms with Crippen LogP contribution in [0.25, 0.3) is 16.9 Å². The number of carbonyl (C=O) groups is 1. The van der Waals surface area contributed by atoms with Crippen LogP contribution in [0.3, 0.4) is 0 Å². The van der Waals surface area contributed by atoms with Gasteiger partial charge >= 0.3 is 6.09 Å². The zero-order valence-electron chi connectivity index (χ0n) is 14.7. The van der Waals surface area contributed by atoms with Crippen molar-refractivity contribution in [2.45, 2.75) is 19.3 Å². The van der Waals surface area contributed by atoms with Crippen LogP contribution in [0.1, 0.15) is 24.4 Å². The van der Waals surface area contributed by atoms with Crippen molar-refractivity contribution in [2.75, 3.05) is 26.2 Å². The second-order valence-electron chi connectivity index (χ2n) is 6.49. The summed E-state index contributed by atoms with van der Waals surface area (Å²) in [5, 5.41) is 20.3. The number of nitrogens with one attached hydrogen (secondary N) is 1. The van der Waals surface area contributed by atoms with E-state index in [0.717, 1.165) is 24.2 Å². The molecule has 142 valence electrons. The van der Waals surface area contributed by atoms with E-state index in [0.29, 0.717) is 30.9 Å². The molecule has 1 aliphatic rings. The van der Waals surface area contributed by atoms with Crippen molar-refractivity contribution in [3.05, 3.63) is 35.6 Å². The van der Waals surface area contributed by atoms with Crippen LogP contribution in [-0.4, -0.2) is 62.2 Å². The third-order valence-corrected chi connectivity index (χ3v) is 4.69. The Morgan fingerprint density at radius 1 is 1.44 bits per heavy atom. The van der Waals surface area contributed by atoms with E-state index in [1.807, 2.05) is 6.92 Å². The lowest BCUT2D eigenvalue weighted by Crippen LogP contribution is -2.48. The summed E-state index contributed by atoms with van der Waals surface area (Å²) in [6.45, 7) is 4.43. The Morgan fingerprint density at radius 3 is 3.00 bits per heavy atom. The molecule has 0 spiro atoms. The highest BCUT2D eigenvalue weighted by Crippen LogP contribution is 2.27. The number of hydrogen-bond donors (Lipinski definition) is 2. The monoisotopic (exact) mass is 374 g/mol. The van der Waals surface area contributed by atoms with Gasteiger partial charge in [0.1, 0.15) is 5.82 Å². The maximum Gasteiger partial charge on any atom is 0.404 e. The topological polar surface area (TPSA) is 109 Å². The maximum atomic E-state index is 13.7. The number of rotatable bonds is 6. The van der Waals surface area contributed by atoms with E-state index in [9.17, 15) is 9.18 Å². The number of fused-ring (bicyclic) bond motifs is 1. The van der Waals surface area contributed by atoms with Gasteiger partial charge in [-0.1, -0.05) is 6.92 Å². The number of hydrogen-bond acceptors (Lipinski definition) is 6. The average molecular weight is 374 g/mol. The molecule has 4 rings (SSSR count). The third-order valence-electron chi connectivity index (χ3n) is 4.69. The predicted molar refractivity (Wildman–Crippen MR) is 93.5 cm³/mol. The van der Waals surface area contributed by atoms with Crippen molar-refractivity contribution in [2.24, 2.45) is 0 Å². The molecule has 0 radical (unpaired) electrons. The van der Waals surface area contributed by atoms with Crippen LogP contribution in [-0.2, 0) is 6.42 Å². The Kier molecular flexibility index (Phi) is 4.48. The molecule has 1 aliphatic heterocycles. The SMILES string of the molecule is CCc1nn(-c2noc(C3CN(CCNC(=O)O)C3)n2)c2cc(F)ccc12. The normalized spacial score (nSPS) is 15.2. The summed E-state index contributed by atoms with van der Waals surface area (Å²) in [6.07, 6.45) is -0.315. The van der Waals surface area contributed by atoms with Crippen molar-refractivity contribution < 1.29 is 18.8 Å². The standard InChI is InChI=1S/C17H19FN6O3/c1-2-13-12-4-3-11(18)7-14(12)24(21-13)16-20-15(27-22-16)10-8-23(9-10)6-5-19-17(25)26/h3-4,7,10,19H,2,5-6,8-9H2,1H3,(H,25,26). The molecular weight excluding hydrogens is 355 g/mol. The van der Waals surface area contributed by atoms with Gasteiger partial charge in [-0.2, -0.15) is 14.8 Å². The van der Waals surface area contributed by atoms with Crippen molar-refractivity contribution >= 4 is 17.0 Å². The third kappa shape index (κ3) is 3.35. The summed E-state index contributed by atoms with van der Waals surface area (Å²) >= 11 is 0. The van der Waals surface area contributed by atoms with Crippen molar-refractivity contribution in [1.82, 2.24) is 30.1 Å². The van der Waals surface area contributed by atoms with Crippen molar-refractivity contribution in [3.8, 4) is 5.95 Å². The molecule has 10 heteroatoms. The van der Waals surface area contributed by atoms with E-state index in [1.54, 1.807) is 6.07 Å². The molecule has 1 aromatic carbocycles. The molecule has 0 bridgehead atoms. The molecule has 0 aliphatic carbocycles. The Balaban J connectivity index is 1.49. The summed E-state index contributed by atoms with van der Waals surface area (Å²) < 4.78 is 20.6. The molecule has 2 aromatic heterocycles. The highest BCUT2D eigenvalue weighted by Gasteiger charge is 2.32. The fraction of sp³-hybridized carbons (Fsp3) is 0.412. The first-order chi connectivity index (χ1) is 13.0. The van der Waals surface area contributed by atoms with Gasteiger partial charge in [0, 0.05) is 37.6 Å². The van der Waals surface area contributed by atoms with E-state index >= 15 is 0 Å².